The molecule has 23 heavy (non-hydrogen) atoms. The minimum atomic E-state index is -0.220. The third kappa shape index (κ3) is 4.07. The number of carbonyl (C=O) groups is 2. The average Bonchev–Trinajstić information content (AvgIpc) is 2.94. The summed E-state index contributed by atoms with van der Waals surface area (Å²) in [6.07, 6.45) is 2.82. The molecule has 124 valence electrons. The fourth-order valence-corrected chi connectivity index (χ4v) is 3.40. The van der Waals surface area contributed by atoms with E-state index in [-0.39, 0.29) is 30.2 Å². The molecule has 0 bridgehead atoms. The van der Waals surface area contributed by atoms with Gasteiger partial charge in [0.2, 0.25) is 11.8 Å². The summed E-state index contributed by atoms with van der Waals surface area (Å²) in [5.74, 6) is -0.309. The summed E-state index contributed by atoms with van der Waals surface area (Å²) in [6.45, 7) is 2.48. The molecule has 2 aliphatic heterocycles. The van der Waals surface area contributed by atoms with Crippen LogP contribution in [-0.4, -0.2) is 60.4 Å². The average molecular weight is 319 g/mol. The van der Waals surface area contributed by atoms with Crippen LogP contribution >= 0.6 is 0 Å². The number of likely N-dealkylation sites (tertiary alicyclic amines) is 1. The van der Waals surface area contributed by atoms with Gasteiger partial charge in [-0.15, -0.1) is 0 Å². The Bertz CT molecular complexity index is 593. The number of nitrogens with zero attached hydrogens (tertiary/aromatic N) is 2. The molecule has 1 aromatic carbocycles. The molecule has 6 heteroatoms. The smallest absolute Gasteiger partial charge is 0.239 e. The van der Waals surface area contributed by atoms with Gasteiger partial charge in [-0.05, 0) is 43.5 Å². The van der Waals surface area contributed by atoms with E-state index in [0.717, 1.165) is 31.4 Å². The van der Waals surface area contributed by atoms with Crippen molar-refractivity contribution in [2.24, 2.45) is 0 Å². The number of halogens is 1. The monoisotopic (exact) mass is 319 g/mol. The van der Waals surface area contributed by atoms with E-state index in [4.69, 9.17) is 0 Å². The van der Waals surface area contributed by atoms with E-state index in [1.165, 1.54) is 6.07 Å². The van der Waals surface area contributed by atoms with Crippen molar-refractivity contribution in [1.29, 1.82) is 0 Å². The SMILES string of the molecule is O=C1CN(C(=O)CN2CCCC2Cc2cccc(F)c2)CCN1. The van der Waals surface area contributed by atoms with Gasteiger partial charge in [0.05, 0.1) is 13.1 Å². The van der Waals surface area contributed by atoms with Crippen LogP contribution in [0.2, 0.25) is 0 Å². The first-order valence-corrected chi connectivity index (χ1v) is 8.15. The second-order valence-corrected chi connectivity index (χ2v) is 6.27. The van der Waals surface area contributed by atoms with Crippen LogP contribution in [0.5, 0.6) is 0 Å². The highest BCUT2D eigenvalue weighted by molar-refractivity contribution is 5.86. The third-order valence-electron chi connectivity index (χ3n) is 4.59. The highest BCUT2D eigenvalue weighted by Gasteiger charge is 2.29. The van der Waals surface area contributed by atoms with Crippen LogP contribution < -0.4 is 5.32 Å². The fourth-order valence-electron chi connectivity index (χ4n) is 3.40. The minimum Gasteiger partial charge on any atom is -0.353 e. The number of hydrogen-bond donors (Lipinski definition) is 1. The zero-order valence-electron chi connectivity index (χ0n) is 13.1. The Morgan fingerprint density at radius 3 is 3.00 bits per heavy atom. The summed E-state index contributed by atoms with van der Waals surface area (Å²) in [4.78, 5) is 27.6. The maximum Gasteiger partial charge on any atom is 0.239 e. The summed E-state index contributed by atoms with van der Waals surface area (Å²) >= 11 is 0. The molecule has 2 fully saturated rings. The van der Waals surface area contributed by atoms with Gasteiger partial charge in [-0.2, -0.15) is 0 Å². The van der Waals surface area contributed by atoms with Gasteiger partial charge in [0.15, 0.2) is 0 Å². The van der Waals surface area contributed by atoms with Gasteiger partial charge in [-0.1, -0.05) is 12.1 Å². The van der Waals surface area contributed by atoms with Gasteiger partial charge in [0, 0.05) is 19.1 Å². The number of amides is 2. The Labute approximate surface area is 135 Å². The van der Waals surface area contributed by atoms with Crippen LogP contribution in [0.15, 0.2) is 24.3 Å². The van der Waals surface area contributed by atoms with Gasteiger partial charge < -0.3 is 10.2 Å². The van der Waals surface area contributed by atoms with Crippen molar-refractivity contribution >= 4 is 11.8 Å². The molecule has 0 spiro atoms. The molecule has 0 saturated carbocycles. The van der Waals surface area contributed by atoms with Crippen molar-refractivity contribution in [3.05, 3.63) is 35.6 Å². The highest BCUT2D eigenvalue weighted by atomic mass is 19.1. The number of rotatable bonds is 4. The van der Waals surface area contributed by atoms with E-state index < -0.39 is 0 Å². The maximum absolute atomic E-state index is 13.3. The van der Waals surface area contributed by atoms with Crippen LogP contribution in [0, 0.1) is 5.82 Å². The Morgan fingerprint density at radius 1 is 1.35 bits per heavy atom. The molecular weight excluding hydrogens is 297 g/mol. The van der Waals surface area contributed by atoms with Crippen molar-refractivity contribution in [2.45, 2.75) is 25.3 Å². The van der Waals surface area contributed by atoms with Crippen LogP contribution in [0.4, 0.5) is 4.39 Å². The summed E-state index contributed by atoms with van der Waals surface area (Å²) in [5.41, 5.74) is 0.965. The molecule has 1 atom stereocenters. The predicted octanol–water partition coefficient (Wildman–Crippen LogP) is 0.791. The molecule has 2 amide bonds. The third-order valence-corrected chi connectivity index (χ3v) is 4.59. The van der Waals surface area contributed by atoms with Gasteiger partial charge in [0.25, 0.3) is 0 Å². The van der Waals surface area contributed by atoms with Gasteiger partial charge >= 0.3 is 0 Å². The molecule has 0 aromatic heterocycles. The number of carbonyl (C=O) groups excluding carboxylic acids is 2. The van der Waals surface area contributed by atoms with Gasteiger partial charge in [-0.3, -0.25) is 14.5 Å². The molecule has 1 aromatic rings. The summed E-state index contributed by atoms with van der Waals surface area (Å²) < 4.78 is 13.3. The first kappa shape index (κ1) is 15.9. The first-order chi connectivity index (χ1) is 11.1. The van der Waals surface area contributed by atoms with Crippen molar-refractivity contribution < 1.29 is 14.0 Å². The maximum atomic E-state index is 13.3. The van der Waals surface area contributed by atoms with Crippen molar-refractivity contribution in [2.75, 3.05) is 32.7 Å². The minimum absolute atomic E-state index is 0.00555. The van der Waals surface area contributed by atoms with E-state index in [0.29, 0.717) is 19.6 Å². The van der Waals surface area contributed by atoms with Gasteiger partial charge in [0.1, 0.15) is 5.82 Å². The second kappa shape index (κ2) is 7.08. The molecule has 0 radical (unpaired) electrons. The molecule has 1 unspecified atom stereocenters. The normalized spacial score (nSPS) is 22.2. The second-order valence-electron chi connectivity index (χ2n) is 6.27. The number of nitrogens with one attached hydrogen (secondary N) is 1. The van der Waals surface area contributed by atoms with E-state index >= 15 is 0 Å². The Morgan fingerprint density at radius 2 is 2.22 bits per heavy atom. The quantitative estimate of drug-likeness (QED) is 0.893. The highest BCUT2D eigenvalue weighted by Crippen LogP contribution is 2.21. The Kier molecular flexibility index (Phi) is 4.91. The fraction of sp³-hybridized carbons (Fsp3) is 0.529. The molecule has 2 heterocycles. The number of piperazine rings is 1. The summed E-state index contributed by atoms with van der Waals surface area (Å²) in [6, 6.07) is 6.92. The lowest BCUT2D eigenvalue weighted by Crippen LogP contribution is -2.52. The Balaban J connectivity index is 1.58. The molecular formula is C17H22FN3O2. The standard InChI is InChI=1S/C17H22FN3O2/c18-14-4-1-3-13(9-14)10-15-5-2-7-20(15)12-17(23)21-8-6-19-16(22)11-21/h1,3-4,9,15H,2,5-8,10-12H2,(H,19,22). The lowest BCUT2D eigenvalue weighted by Gasteiger charge is -2.30. The van der Waals surface area contributed by atoms with E-state index in [9.17, 15) is 14.0 Å². The molecule has 2 saturated heterocycles. The molecule has 2 aliphatic rings. The zero-order chi connectivity index (χ0) is 16.2. The predicted molar refractivity (Wildman–Crippen MR) is 84.3 cm³/mol. The van der Waals surface area contributed by atoms with E-state index in [2.05, 4.69) is 10.2 Å². The summed E-state index contributed by atoms with van der Waals surface area (Å²) in [5, 5.41) is 2.73. The lowest BCUT2D eigenvalue weighted by atomic mass is 10.0. The lowest BCUT2D eigenvalue weighted by molar-refractivity contribution is -0.139. The van der Waals surface area contributed by atoms with Gasteiger partial charge in [-0.25, -0.2) is 4.39 Å². The summed E-state index contributed by atoms with van der Waals surface area (Å²) in [7, 11) is 0. The largest absolute Gasteiger partial charge is 0.353 e. The molecule has 5 nitrogen and oxygen atoms in total. The van der Waals surface area contributed by atoms with E-state index in [1.54, 1.807) is 17.0 Å². The van der Waals surface area contributed by atoms with Crippen molar-refractivity contribution in [1.82, 2.24) is 15.1 Å². The first-order valence-electron chi connectivity index (χ1n) is 8.15. The van der Waals surface area contributed by atoms with Crippen LogP contribution in [-0.2, 0) is 16.0 Å². The number of benzene rings is 1. The molecule has 0 aliphatic carbocycles. The van der Waals surface area contributed by atoms with Crippen molar-refractivity contribution in [3.63, 3.8) is 0 Å². The van der Waals surface area contributed by atoms with Crippen LogP contribution in [0.3, 0.4) is 0 Å². The van der Waals surface area contributed by atoms with Crippen LogP contribution in [0.1, 0.15) is 18.4 Å². The zero-order valence-corrected chi connectivity index (χ0v) is 13.1. The Hall–Kier alpha value is -1.95. The van der Waals surface area contributed by atoms with Crippen LogP contribution in [0.25, 0.3) is 0 Å². The van der Waals surface area contributed by atoms with Crippen molar-refractivity contribution in [3.8, 4) is 0 Å². The number of hydrogen-bond acceptors (Lipinski definition) is 3. The molecule has 3 rings (SSSR count). The van der Waals surface area contributed by atoms with E-state index in [1.807, 2.05) is 6.07 Å². The molecule has 1 N–H and O–H groups in total. The topological polar surface area (TPSA) is 52.7 Å².